The maximum absolute atomic E-state index is 11.5. The van der Waals surface area contributed by atoms with E-state index in [1.54, 1.807) is 6.07 Å². The maximum Gasteiger partial charge on any atom is 0.194 e. The molecule has 4 rings (SSSR count). The van der Waals surface area contributed by atoms with Crippen molar-refractivity contribution >= 4 is 15.7 Å². The van der Waals surface area contributed by atoms with Gasteiger partial charge in [-0.3, -0.25) is 4.90 Å². The van der Waals surface area contributed by atoms with Gasteiger partial charge in [-0.15, -0.1) is 10.2 Å². The van der Waals surface area contributed by atoms with Crippen LogP contribution >= 0.6 is 0 Å². The fourth-order valence-corrected chi connectivity index (χ4v) is 4.18. The third kappa shape index (κ3) is 3.77. The van der Waals surface area contributed by atoms with Crippen LogP contribution in [0.25, 0.3) is 0 Å². The van der Waals surface area contributed by atoms with Crippen LogP contribution in [0.5, 0.6) is 5.75 Å². The van der Waals surface area contributed by atoms with E-state index >= 15 is 0 Å². The van der Waals surface area contributed by atoms with E-state index in [0.717, 1.165) is 57.0 Å². The third-order valence-electron chi connectivity index (χ3n) is 5.39. The summed E-state index contributed by atoms with van der Waals surface area (Å²) < 4.78 is 28.7. The number of benzene rings is 1. The molecule has 1 atom stereocenters. The highest BCUT2D eigenvalue weighted by Crippen LogP contribution is 2.31. The zero-order valence-corrected chi connectivity index (χ0v) is 16.4. The lowest BCUT2D eigenvalue weighted by molar-refractivity contribution is 0.198. The highest BCUT2D eigenvalue weighted by atomic mass is 32.2. The minimum atomic E-state index is -3.32. The van der Waals surface area contributed by atoms with Crippen molar-refractivity contribution in [2.75, 3.05) is 43.9 Å². The van der Waals surface area contributed by atoms with Gasteiger partial charge in [-0.2, -0.15) is 0 Å². The summed E-state index contributed by atoms with van der Waals surface area (Å²) in [6.45, 7) is 6.50. The number of sulfone groups is 1. The molecule has 1 fully saturated rings. The van der Waals surface area contributed by atoms with Crippen LogP contribution < -0.4 is 9.64 Å². The third-order valence-corrected chi connectivity index (χ3v) is 6.37. The fourth-order valence-electron chi connectivity index (χ4n) is 3.67. The fraction of sp³-hybridized carbons (Fsp3) is 0.474. The van der Waals surface area contributed by atoms with Crippen molar-refractivity contribution in [1.29, 1.82) is 0 Å². The normalized spacial score (nSPS) is 18.8. The Morgan fingerprint density at radius 3 is 2.52 bits per heavy atom. The number of nitrogens with zero attached hydrogens (tertiary/aromatic N) is 4. The lowest BCUT2D eigenvalue weighted by Crippen LogP contribution is -2.47. The zero-order valence-electron chi connectivity index (χ0n) is 15.6. The van der Waals surface area contributed by atoms with Crippen molar-refractivity contribution in [3.63, 3.8) is 0 Å². The van der Waals surface area contributed by atoms with Crippen LogP contribution in [0, 0.1) is 0 Å². The minimum absolute atomic E-state index is 0.0114. The Labute approximate surface area is 159 Å². The van der Waals surface area contributed by atoms with E-state index in [2.05, 4.69) is 45.1 Å². The topological polar surface area (TPSA) is 75.6 Å². The molecule has 7 nitrogen and oxygen atoms in total. The Morgan fingerprint density at radius 2 is 1.85 bits per heavy atom. The summed E-state index contributed by atoms with van der Waals surface area (Å²) in [6.07, 6.45) is 2.14. The van der Waals surface area contributed by atoms with Gasteiger partial charge >= 0.3 is 0 Å². The molecule has 1 unspecified atom stereocenters. The summed E-state index contributed by atoms with van der Waals surface area (Å²) in [5.41, 5.74) is 2.58. The minimum Gasteiger partial charge on any atom is -0.493 e. The van der Waals surface area contributed by atoms with Crippen molar-refractivity contribution in [1.82, 2.24) is 15.1 Å². The van der Waals surface area contributed by atoms with E-state index in [9.17, 15) is 8.42 Å². The first kappa shape index (κ1) is 18.2. The second kappa shape index (κ2) is 7.09. The maximum atomic E-state index is 11.5. The first-order valence-electron chi connectivity index (χ1n) is 9.20. The smallest absolute Gasteiger partial charge is 0.194 e. The van der Waals surface area contributed by atoms with E-state index in [0.29, 0.717) is 6.04 Å². The van der Waals surface area contributed by atoms with Crippen LogP contribution in [-0.4, -0.2) is 62.6 Å². The summed E-state index contributed by atoms with van der Waals surface area (Å²) >= 11 is 0. The van der Waals surface area contributed by atoms with Gasteiger partial charge in [-0.1, -0.05) is 12.1 Å². The number of hydrogen-bond acceptors (Lipinski definition) is 7. The van der Waals surface area contributed by atoms with Gasteiger partial charge in [0, 0.05) is 44.9 Å². The standard InChI is InChI=1S/C19H24N4O3S/c1-14(16-4-3-15-7-12-26-17(15)13-16)22-8-10-23(11-9-22)18-5-6-19(21-20-18)27(2,24)25/h3-6,13-14H,7-12H2,1-2H3. The zero-order chi connectivity index (χ0) is 19.0. The number of anilines is 1. The van der Waals surface area contributed by atoms with Crippen LogP contribution in [0.1, 0.15) is 24.1 Å². The summed E-state index contributed by atoms with van der Waals surface area (Å²) in [5, 5.41) is 7.96. The van der Waals surface area contributed by atoms with Crippen molar-refractivity contribution in [2.24, 2.45) is 0 Å². The molecule has 0 spiro atoms. The Morgan fingerprint density at radius 1 is 1.07 bits per heavy atom. The Bertz CT molecular complexity index is 922. The predicted octanol–water partition coefficient (Wildman–Crippen LogP) is 1.70. The highest BCUT2D eigenvalue weighted by molar-refractivity contribution is 7.90. The SMILES string of the molecule is CC(c1ccc2c(c1)OCC2)N1CCN(c2ccc(S(C)(=O)=O)nn2)CC1. The van der Waals surface area contributed by atoms with E-state index in [1.807, 2.05) is 0 Å². The van der Waals surface area contributed by atoms with Crippen molar-refractivity contribution in [3.05, 3.63) is 41.5 Å². The Balaban J connectivity index is 1.40. The van der Waals surface area contributed by atoms with E-state index in [1.165, 1.54) is 17.2 Å². The molecule has 27 heavy (non-hydrogen) atoms. The predicted molar refractivity (Wildman–Crippen MR) is 103 cm³/mol. The second-order valence-corrected chi connectivity index (χ2v) is 9.13. The van der Waals surface area contributed by atoms with Crippen molar-refractivity contribution < 1.29 is 13.2 Å². The first-order chi connectivity index (χ1) is 12.9. The molecule has 0 radical (unpaired) electrons. The van der Waals surface area contributed by atoms with Crippen molar-refractivity contribution in [2.45, 2.75) is 24.4 Å². The summed E-state index contributed by atoms with van der Waals surface area (Å²) in [4.78, 5) is 4.60. The molecule has 0 amide bonds. The molecule has 2 aromatic rings. The molecule has 0 saturated carbocycles. The van der Waals surface area contributed by atoms with Gasteiger partial charge in [0.15, 0.2) is 20.7 Å². The number of fused-ring (bicyclic) bond motifs is 1. The van der Waals surface area contributed by atoms with Gasteiger partial charge < -0.3 is 9.64 Å². The number of rotatable bonds is 4. The number of aromatic nitrogens is 2. The number of hydrogen-bond donors (Lipinski definition) is 0. The van der Waals surface area contributed by atoms with E-state index in [-0.39, 0.29) is 5.03 Å². The molecule has 0 bridgehead atoms. The molecule has 0 aliphatic carbocycles. The van der Waals surface area contributed by atoms with Gasteiger partial charge in [0.1, 0.15) is 5.75 Å². The largest absolute Gasteiger partial charge is 0.493 e. The van der Waals surface area contributed by atoms with Crippen LogP contribution in [0.2, 0.25) is 0 Å². The number of piperazine rings is 1. The van der Waals surface area contributed by atoms with Crippen LogP contribution in [0.15, 0.2) is 35.4 Å². The summed E-state index contributed by atoms with van der Waals surface area (Å²) in [6, 6.07) is 10.1. The quantitative estimate of drug-likeness (QED) is 0.789. The average molecular weight is 388 g/mol. The van der Waals surface area contributed by atoms with Gasteiger partial charge in [0.25, 0.3) is 0 Å². The monoisotopic (exact) mass is 388 g/mol. The first-order valence-corrected chi connectivity index (χ1v) is 11.1. The molecule has 2 aliphatic heterocycles. The molecule has 3 heterocycles. The Kier molecular flexibility index (Phi) is 4.77. The number of ether oxygens (including phenoxy) is 1. The Hall–Kier alpha value is -2.19. The van der Waals surface area contributed by atoms with E-state index < -0.39 is 9.84 Å². The molecule has 1 aromatic heterocycles. The van der Waals surface area contributed by atoms with Crippen molar-refractivity contribution in [3.8, 4) is 5.75 Å². The second-order valence-electron chi connectivity index (χ2n) is 7.17. The van der Waals surface area contributed by atoms with Gasteiger partial charge in [-0.05, 0) is 36.2 Å². The molecular formula is C19H24N4O3S. The van der Waals surface area contributed by atoms with Crippen LogP contribution in [0.4, 0.5) is 5.82 Å². The summed E-state index contributed by atoms with van der Waals surface area (Å²) in [5.74, 6) is 1.75. The van der Waals surface area contributed by atoms with Gasteiger partial charge in [0.2, 0.25) is 0 Å². The molecule has 144 valence electrons. The molecule has 1 aromatic carbocycles. The van der Waals surface area contributed by atoms with Crippen LogP contribution in [0.3, 0.4) is 0 Å². The van der Waals surface area contributed by atoms with Crippen LogP contribution in [-0.2, 0) is 16.3 Å². The molecule has 8 heteroatoms. The van der Waals surface area contributed by atoms with E-state index in [4.69, 9.17) is 4.74 Å². The lowest BCUT2D eigenvalue weighted by Gasteiger charge is -2.38. The average Bonchev–Trinajstić information content (AvgIpc) is 3.15. The lowest BCUT2D eigenvalue weighted by atomic mass is 10.0. The van der Waals surface area contributed by atoms with Gasteiger partial charge in [0.05, 0.1) is 6.61 Å². The highest BCUT2D eigenvalue weighted by Gasteiger charge is 2.24. The molecule has 2 aliphatic rings. The molecular weight excluding hydrogens is 364 g/mol. The summed E-state index contributed by atoms with van der Waals surface area (Å²) in [7, 11) is -3.32. The molecule has 0 N–H and O–H groups in total. The molecule has 1 saturated heterocycles. The van der Waals surface area contributed by atoms with Gasteiger partial charge in [-0.25, -0.2) is 8.42 Å².